The minimum absolute atomic E-state index is 0.124. The number of aliphatic carboxylic acids is 1. The summed E-state index contributed by atoms with van der Waals surface area (Å²) in [6, 6.07) is 0. The van der Waals surface area contributed by atoms with E-state index in [9.17, 15) is 4.79 Å². The van der Waals surface area contributed by atoms with Crippen LogP contribution in [0.15, 0.2) is 0 Å². The molecule has 0 radical (unpaired) electrons. The van der Waals surface area contributed by atoms with Gasteiger partial charge < -0.3 is 9.84 Å². The van der Waals surface area contributed by atoms with Gasteiger partial charge >= 0.3 is 5.97 Å². The van der Waals surface area contributed by atoms with Crippen LogP contribution in [0.4, 0.5) is 0 Å². The highest BCUT2D eigenvalue weighted by Gasteiger charge is 2.05. The smallest absolute Gasteiger partial charge is 0.329 e. The first-order valence-corrected chi connectivity index (χ1v) is 4.28. The second-order valence-electron chi connectivity index (χ2n) is 2.70. The predicted octanol–water partition coefficient (Wildman–Crippen LogP) is -0.316. The topological polar surface area (TPSA) is 90.1 Å². The van der Waals surface area contributed by atoms with E-state index in [2.05, 4.69) is 15.5 Å². The Morgan fingerprint density at radius 3 is 3.07 bits per heavy atom. The third-order valence-electron chi connectivity index (χ3n) is 1.50. The van der Waals surface area contributed by atoms with E-state index in [1.165, 1.54) is 0 Å². The van der Waals surface area contributed by atoms with Gasteiger partial charge in [-0.2, -0.15) is 0 Å². The average Bonchev–Trinajstić information content (AvgIpc) is 2.53. The number of hydrogen-bond donors (Lipinski definition) is 1. The van der Waals surface area contributed by atoms with Crippen LogP contribution in [0.3, 0.4) is 0 Å². The zero-order chi connectivity index (χ0) is 10.4. The zero-order valence-corrected chi connectivity index (χ0v) is 7.88. The van der Waals surface area contributed by atoms with Crippen LogP contribution in [-0.4, -0.2) is 37.9 Å². The Labute approximate surface area is 80.7 Å². The van der Waals surface area contributed by atoms with Crippen LogP contribution in [0.1, 0.15) is 19.2 Å². The fourth-order valence-corrected chi connectivity index (χ4v) is 0.942. The van der Waals surface area contributed by atoms with Crippen LogP contribution in [0.5, 0.6) is 0 Å². The van der Waals surface area contributed by atoms with E-state index in [0.717, 1.165) is 6.42 Å². The van der Waals surface area contributed by atoms with Crippen molar-refractivity contribution in [1.82, 2.24) is 20.2 Å². The molecule has 0 fully saturated rings. The van der Waals surface area contributed by atoms with E-state index in [4.69, 9.17) is 9.84 Å². The Morgan fingerprint density at radius 2 is 2.43 bits per heavy atom. The number of aryl methyl sites for hydroxylation is 1. The molecule has 0 unspecified atom stereocenters. The lowest BCUT2D eigenvalue weighted by atomic mass is 10.5. The summed E-state index contributed by atoms with van der Waals surface area (Å²) in [5, 5.41) is 19.3. The Morgan fingerprint density at radius 1 is 1.64 bits per heavy atom. The van der Waals surface area contributed by atoms with E-state index in [1.54, 1.807) is 4.68 Å². The van der Waals surface area contributed by atoms with Gasteiger partial charge in [0.2, 0.25) is 0 Å². The standard InChI is InChI=1S/C7H12N4O3/c1-2-3-11-6(8-9-10-11)4-14-5-7(12)13/h2-5H2,1H3,(H,12,13). The Hall–Kier alpha value is -1.50. The van der Waals surface area contributed by atoms with Gasteiger partial charge in [-0.15, -0.1) is 5.10 Å². The van der Waals surface area contributed by atoms with E-state index in [1.807, 2.05) is 6.92 Å². The van der Waals surface area contributed by atoms with Crippen molar-refractivity contribution in [2.45, 2.75) is 26.5 Å². The lowest BCUT2D eigenvalue weighted by molar-refractivity contribution is -0.142. The molecule has 78 valence electrons. The van der Waals surface area contributed by atoms with Crippen LogP contribution < -0.4 is 0 Å². The first-order valence-electron chi connectivity index (χ1n) is 4.28. The molecule has 1 aromatic heterocycles. The predicted molar refractivity (Wildman–Crippen MR) is 45.4 cm³/mol. The van der Waals surface area contributed by atoms with Crippen molar-refractivity contribution in [3.63, 3.8) is 0 Å². The Kier molecular flexibility index (Phi) is 3.99. The number of carbonyl (C=O) groups is 1. The van der Waals surface area contributed by atoms with Gasteiger partial charge in [0.05, 0.1) is 0 Å². The van der Waals surface area contributed by atoms with Gasteiger partial charge in [0.25, 0.3) is 0 Å². The Bertz CT molecular complexity index is 299. The monoisotopic (exact) mass is 200 g/mol. The lowest BCUT2D eigenvalue weighted by Crippen LogP contribution is -2.11. The number of rotatable bonds is 6. The molecule has 0 spiro atoms. The molecule has 0 aliphatic rings. The SMILES string of the molecule is CCCn1nnnc1COCC(=O)O. The largest absolute Gasteiger partial charge is 0.480 e. The van der Waals surface area contributed by atoms with Gasteiger partial charge in [-0.25, -0.2) is 9.48 Å². The van der Waals surface area contributed by atoms with E-state index < -0.39 is 5.97 Å². The van der Waals surface area contributed by atoms with Crippen molar-refractivity contribution < 1.29 is 14.6 Å². The maximum atomic E-state index is 10.2. The molecule has 0 amide bonds. The van der Waals surface area contributed by atoms with Crippen molar-refractivity contribution in [2.24, 2.45) is 0 Å². The summed E-state index contributed by atoms with van der Waals surface area (Å²) in [5.41, 5.74) is 0. The molecule has 0 saturated carbocycles. The number of carboxylic acid groups (broad SMARTS) is 1. The van der Waals surface area contributed by atoms with E-state index >= 15 is 0 Å². The molecule has 0 atom stereocenters. The molecule has 14 heavy (non-hydrogen) atoms. The second-order valence-corrected chi connectivity index (χ2v) is 2.70. The van der Waals surface area contributed by atoms with Crippen LogP contribution >= 0.6 is 0 Å². The summed E-state index contributed by atoms with van der Waals surface area (Å²) >= 11 is 0. The van der Waals surface area contributed by atoms with E-state index in [-0.39, 0.29) is 13.2 Å². The maximum Gasteiger partial charge on any atom is 0.329 e. The van der Waals surface area contributed by atoms with Crippen molar-refractivity contribution in [3.05, 3.63) is 5.82 Å². The van der Waals surface area contributed by atoms with Gasteiger partial charge in [0.15, 0.2) is 5.82 Å². The number of hydrogen-bond acceptors (Lipinski definition) is 5. The summed E-state index contributed by atoms with van der Waals surface area (Å²) in [6.07, 6.45) is 0.914. The number of nitrogens with zero attached hydrogens (tertiary/aromatic N) is 4. The molecule has 0 bridgehead atoms. The summed E-state index contributed by atoms with van der Waals surface area (Å²) in [4.78, 5) is 10.2. The van der Waals surface area contributed by atoms with Crippen LogP contribution in [0.2, 0.25) is 0 Å². The fourth-order valence-electron chi connectivity index (χ4n) is 0.942. The second kappa shape index (κ2) is 5.28. The summed E-state index contributed by atoms with van der Waals surface area (Å²) in [7, 11) is 0. The number of aromatic nitrogens is 4. The number of carboxylic acids is 1. The summed E-state index contributed by atoms with van der Waals surface area (Å²) < 4.78 is 6.46. The Balaban J connectivity index is 2.41. The summed E-state index contributed by atoms with van der Waals surface area (Å²) in [5.74, 6) is -0.451. The van der Waals surface area contributed by atoms with Crippen LogP contribution in [0.25, 0.3) is 0 Å². The number of ether oxygens (including phenoxy) is 1. The van der Waals surface area contributed by atoms with Gasteiger partial charge in [-0.05, 0) is 16.8 Å². The number of tetrazole rings is 1. The quantitative estimate of drug-likeness (QED) is 0.677. The normalized spacial score (nSPS) is 10.4. The summed E-state index contributed by atoms with van der Waals surface area (Å²) in [6.45, 7) is 2.50. The third kappa shape index (κ3) is 3.09. The molecule has 0 aliphatic carbocycles. The fraction of sp³-hybridized carbons (Fsp3) is 0.714. The molecule has 0 saturated heterocycles. The van der Waals surface area contributed by atoms with Crippen molar-refractivity contribution in [1.29, 1.82) is 0 Å². The van der Waals surface area contributed by atoms with Gasteiger partial charge in [-0.3, -0.25) is 0 Å². The molecule has 1 heterocycles. The van der Waals surface area contributed by atoms with Crippen molar-refractivity contribution in [2.75, 3.05) is 6.61 Å². The third-order valence-corrected chi connectivity index (χ3v) is 1.50. The van der Waals surface area contributed by atoms with Gasteiger partial charge in [-0.1, -0.05) is 6.92 Å². The molecule has 1 N–H and O–H groups in total. The molecule has 7 heteroatoms. The zero-order valence-electron chi connectivity index (χ0n) is 7.88. The van der Waals surface area contributed by atoms with Crippen molar-refractivity contribution >= 4 is 5.97 Å². The molecule has 0 aliphatic heterocycles. The highest BCUT2D eigenvalue weighted by molar-refractivity contribution is 5.67. The molecular weight excluding hydrogens is 188 g/mol. The van der Waals surface area contributed by atoms with Gasteiger partial charge in [0, 0.05) is 6.54 Å². The van der Waals surface area contributed by atoms with Crippen LogP contribution in [0, 0.1) is 0 Å². The van der Waals surface area contributed by atoms with Crippen molar-refractivity contribution in [3.8, 4) is 0 Å². The first kappa shape index (κ1) is 10.6. The highest BCUT2D eigenvalue weighted by atomic mass is 16.5. The highest BCUT2D eigenvalue weighted by Crippen LogP contribution is 1.96. The molecule has 0 aromatic carbocycles. The van der Waals surface area contributed by atoms with Gasteiger partial charge in [0.1, 0.15) is 13.2 Å². The molecule has 1 aromatic rings. The first-order chi connectivity index (χ1) is 6.74. The molecule has 1 rings (SSSR count). The molecular formula is C7H12N4O3. The lowest BCUT2D eigenvalue weighted by Gasteiger charge is -2.01. The molecule has 7 nitrogen and oxygen atoms in total. The average molecular weight is 200 g/mol. The van der Waals surface area contributed by atoms with E-state index in [0.29, 0.717) is 12.4 Å². The van der Waals surface area contributed by atoms with Crippen LogP contribution in [-0.2, 0) is 22.7 Å². The maximum absolute atomic E-state index is 10.2. The minimum atomic E-state index is -1.00. The minimum Gasteiger partial charge on any atom is -0.480 e.